The molecule has 1 aliphatic rings. The van der Waals surface area contributed by atoms with Crippen LogP contribution in [-0.4, -0.2) is 34.4 Å². The number of hydrogen-bond acceptors (Lipinski definition) is 3. The zero-order valence-corrected chi connectivity index (χ0v) is 13.6. The number of carbonyl (C=O) groups excluding carboxylic acids is 1. The van der Waals surface area contributed by atoms with Crippen molar-refractivity contribution in [2.45, 2.75) is 18.9 Å². The second-order valence-electron chi connectivity index (χ2n) is 6.15. The maximum Gasteiger partial charge on any atom is 0.270 e. The van der Waals surface area contributed by atoms with Gasteiger partial charge in [0.2, 0.25) is 0 Å². The molecule has 122 valence electrons. The van der Waals surface area contributed by atoms with Crippen molar-refractivity contribution >= 4 is 22.6 Å². The van der Waals surface area contributed by atoms with Crippen molar-refractivity contribution < 1.29 is 4.79 Å². The van der Waals surface area contributed by atoms with Crippen molar-refractivity contribution in [2.75, 3.05) is 18.9 Å². The van der Waals surface area contributed by atoms with Crippen molar-refractivity contribution in [3.8, 4) is 0 Å². The number of carbonyl (C=O) groups is 1. The highest BCUT2D eigenvalue weighted by molar-refractivity contribution is 5.98. The third-order valence-corrected chi connectivity index (χ3v) is 4.70. The smallest absolute Gasteiger partial charge is 0.270 e. The van der Waals surface area contributed by atoms with Gasteiger partial charge in [0.15, 0.2) is 0 Å². The van der Waals surface area contributed by atoms with E-state index in [4.69, 9.17) is 0 Å². The molecule has 0 unspecified atom stereocenters. The Labute approximate surface area is 140 Å². The summed E-state index contributed by atoms with van der Waals surface area (Å²) in [4.78, 5) is 22.5. The Morgan fingerprint density at radius 1 is 1.29 bits per heavy atom. The van der Waals surface area contributed by atoms with Gasteiger partial charge in [-0.3, -0.25) is 4.79 Å². The molecule has 1 amide bonds. The van der Waals surface area contributed by atoms with Gasteiger partial charge in [-0.05, 0) is 42.7 Å². The number of para-hydroxylation sites is 1. The molecule has 5 heteroatoms. The summed E-state index contributed by atoms with van der Waals surface area (Å²) in [5.74, 6) is 0.897. The fraction of sp³-hybridized carbons (Fsp3) is 0.263. The van der Waals surface area contributed by atoms with E-state index in [0.29, 0.717) is 5.69 Å². The minimum Gasteiger partial charge on any atom is -0.373 e. The Hall–Kier alpha value is -2.82. The lowest BCUT2D eigenvalue weighted by Crippen LogP contribution is -2.30. The molecule has 4 rings (SSSR count). The van der Waals surface area contributed by atoms with Crippen LogP contribution in [0.5, 0.6) is 0 Å². The average Bonchev–Trinajstić information content (AvgIpc) is 3.28. The molecule has 0 spiro atoms. The highest BCUT2D eigenvalue weighted by atomic mass is 16.2. The SMILES string of the molecule is CNc1cc([C@@H]2CCCN2C(=O)c2cc3ccccc3[nH]2)ccn1. The van der Waals surface area contributed by atoms with Crippen LogP contribution in [0.4, 0.5) is 5.82 Å². The highest BCUT2D eigenvalue weighted by Crippen LogP contribution is 2.34. The number of rotatable bonds is 3. The summed E-state index contributed by atoms with van der Waals surface area (Å²) in [6.45, 7) is 0.788. The van der Waals surface area contributed by atoms with E-state index in [0.717, 1.165) is 41.7 Å². The van der Waals surface area contributed by atoms with Crippen LogP contribution in [0.2, 0.25) is 0 Å². The van der Waals surface area contributed by atoms with E-state index in [9.17, 15) is 4.79 Å². The van der Waals surface area contributed by atoms with Gasteiger partial charge in [0.05, 0.1) is 6.04 Å². The molecular weight excluding hydrogens is 300 g/mol. The van der Waals surface area contributed by atoms with Crippen LogP contribution in [0.15, 0.2) is 48.7 Å². The first-order valence-electron chi connectivity index (χ1n) is 8.28. The molecule has 1 saturated heterocycles. The molecule has 1 atom stereocenters. The number of nitrogens with zero attached hydrogens (tertiary/aromatic N) is 2. The quantitative estimate of drug-likeness (QED) is 0.775. The Balaban J connectivity index is 1.65. The van der Waals surface area contributed by atoms with Gasteiger partial charge in [0.25, 0.3) is 5.91 Å². The van der Waals surface area contributed by atoms with Gasteiger partial charge < -0.3 is 15.2 Å². The number of benzene rings is 1. The Kier molecular flexibility index (Phi) is 3.69. The zero-order chi connectivity index (χ0) is 16.5. The second kappa shape index (κ2) is 6.00. The van der Waals surface area contributed by atoms with E-state index < -0.39 is 0 Å². The summed E-state index contributed by atoms with van der Waals surface area (Å²) in [5, 5.41) is 4.13. The van der Waals surface area contributed by atoms with Gasteiger partial charge in [0.1, 0.15) is 11.5 Å². The van der Waals surface area contributed by atoms with Crippen molar-refractivity contribution in [3.05, 3.63) is 59.9 Å². The maximum atomic E-state index is 13.0. The summed E-state index contributed by atoms with van der Waals surface area (Å²) in [7, 11) is 1.86. The van der Waals surface area contributed by atoms with Gasteiger partial charge in [-0.25, -0.2) is 4.98 Å². The van der Waals surface area contributed by atoms with Crippen molar-refractivity contribution in [1.82, 2.24) is 14.9 Å². The summed E-state index contributed by atoms with van der Waals surface area (Å²) in [6, 6.07) is 14.1. The number of likely N-dealkylation sites (tertiary alicyclic amines) is 1. The second-order valence-corrected chi connectivity index (χ2v) is 6.15. The highest BCUT2D eigenvalue weighted by Gasteiger charge is 2.31. The Bertz CT molecular complexity index is 853. The molecule has 0 radical (unpaired) electrons. The van der Waals surface area contributed by atoms with Crippen LogP contribution in [0, 0.1) is 0 Å². The van der Waals surface area contributed by atoms with Gasteiger partial charge in [-0.2, -0.15) is 0 Å². The first-order valence-corrected chi connectivity index (χ1v) is 8.28. The van der Waals surface area contributed by atoms with E-state index in [1.165, 1.54) is 0 Å². The lowest BCUT2D eigenvalue weighted by molar-refractivity contribution is 0.0730. The molecule has 0 aliphatic carbocycles. The van der Waals surface area contributed by atoms with Gasteiger partial charge in [0, 0.05) is 30.7 Å². The van der Waals surface area contributed by atoms with Crippen LogP contribution in [0.1, 0.15) is 34.9 Å². The number of fused-ring (bicyclic) bond motifs is 1. The molecule has 3 aromatic rings. The number of aromatic amines is 1. The average molecular weight is 320 g/mol. The summed E-state index contributed by atoms with van der Waals surface area (Å²) < 4.78 is 0. The normalized spacial score (nSPS) is 17.4. The molecule has 0 bridgehead atoms. The topological polar surface area (TPSA) is 61.0 Å². The predicted molar refractivity (Wildman–Crippen MR) is 95.1 cm³/mol. The Morgan fingerprint density at radius 2 is 2.17 bits per heavy atom. The van der Waals surface area contributed by atoms with Crippen molar-refractivity contribution in [3.63, 3.8) is 0 Å². The molecule has 2 aromatic heterocycles. The number of pyridine rings is 1. The molecule has 2 N–H and O–H groups in total. The minimum atomic E-state index is 0.0662. The van der Waals surface area contributed by atoms with Crippen LogP contribution in [0.3, 0.4) is 0 Å². The van der Waals surface area contributed by atoms with Gasteiger partial charge >= 0.3 is 0 Å². The molecule has 1 aromatic carbocycles. The third kappa shape index (κ3) is 2.52. The largest absolute Gasteiger partial charge is 0.373 e. The van der Waals surface area contributed by atoms with E-state index in [2.05, 4.69) is 15.3 Å². The fourth-order valence-electron chi connectivity index (χ4n) is 3.49. The maximum absolute atomic E-state index is 13.0. The van der Waals surface area contributed by atoms with E-state index in [1.807, 2.05) is 54.4 Å². The van der Waals surface area contributed by atoms with Crippen LogP contribution in [0.25, 0.3) is 10.9 Å². The summed E-state index contributed by atoms with van der Waals surface area (Å²) in [5.41, 5.74) is 2.79. The number of aromatic nitrogens is 2. The molecule has 24 heavy (non-hydrogen) atoms. The van der Waals surface area contributed by atoms with Crippen LogP contribution >= 0.6 is 0 Å². The first kappa shape index (κ1) is 14.8. The third-order valence-electron chi connectivity index (χ3n) is 4.70. The van der Waals surface area contributed by atoms with Crippen molar-refractivity contribution in [2.24, 2.45) is 0 Å². The summed E-state index contributed by atoms with van der Waals surface area (Å²) >= 11 is 0. The minimum absolute atomic E-state index is 0.0662. The van der Waals surface area contributed by atoms with E-state index in [-0.39, 0.29) is 11.9 Å². The predicted octanol–water partition coefficient (Wildman–Crippen LogP) is 3.58. The van der Waals surface area contributed by atoms with E-state index >= 15 is 0 Å². The lowest BCUT2D eigenvalue weighted by atomic mass is 10.1. The Morgan fingerprint density at radius 3 is 3.00 bits per heavy atom. The number of anilines is 1. The number of amides is 1. The number of nitrogens with one attached hydrogen (secondary N) is 2. The zero-order valence-electron chi connectivity index (χ0n) is 13.6. The van der Waals surface area contributed by atoms with Crippen LogP contribution in [-0.2, 0) is 0 Å². The number of H-pyrrole nitrogens is 1. The monoisotopic (exact) mass is 320 g/mol. The van der Waals surface area contributed by atoms with Gasteiger partial charge in [-0.1, -0.05) is 18.2 Å². The van der Waals surface area contributed by atoms with Crippen LogP contribution < -0.4 is 5.32 Å². The van der Waals surface area contributed by atoms with Crippen molar-refractivity contribution in [1.29, 1.82) is 0 Å². The first-order chi connectivity index (χ1) is 11.8. The molecule has 1 aliphatic heterocycles. The number of hydrogen-bond donors (Lipinski definition) is 2. The fourth-order valence-corrected chi connectivity index (χ4v) is 3.49. The molecule has 0 saturated carbocycles. The summed E-state index contributed by atoms with van der Waals surface area (Å²) in [6.07, 6.45) is 3.80. The molecule has 3 heterocycles. The van der Waals surface area contributed by atoms with Gasteiger partial charge in [-0.15, -0.1) is 0 Å². The molecular formula is C19H20N4O. The standard InChI is InChI=1S/C19H20N4O/c1-20-18-12-14(8-9-21-18)17-7-4-10-23(17)19(24)16-11-13-5-2-3-6-15(13)22-16/h2-3,5-6,8-9,11-12,17,22H,4,7,10H2,1H3,(H,20,21)/t17-/m0/s1. The molecule has 5 nitrogen and oxygen atoms in total. The lowest BCUT2D eigenvalue weighted by Gasteiger charge is -2.25. The van der Waals surface area contributed by atoms with E-state index in [1.54, 1.807) is 6.20 Å². The molecule has 1 fully saturated rings.